The second-order valence-corrected chi connectivity index (χ2v) is 9.69. The van der Waals surface area contributed by atoms with Gasteiger partial charge in [-0.25, -0.2) is 0 Å². The van der Waals surface area contributed by atoms with E-state index in [-0.39, 0.29) is 29.6 Å². The van der Waals surface area contributed by atoms with E-state index in [1.807, 2.05) is 41.6 Å². The molecule has 6 heteroatoms. The number of hydrogen-bond acceptors (Lipinski definition) is 4. The fraction of sp³-hybridized carbons (Fsp3) is 0.296. The van der Waals surface area contributed by atoms with Gasteiger partial charge in [0.25, 0.3) is 0 Å². The molecule has 1 atom stereocenters. The largest absolute Gasteiger partial charge is 0.399 e. The lowest BCUT2D eigenvalue weighted by molar-refractivity contribution is -0.124. The summed E-state index contributed by atoms with van der Waals surface area (Å²) in [6, 6.07) is 17.7. The maximum absolute atomic E-state index is 13.6. The van der Waals surface area contributed by atoms with Crippen LogP contribution in [-0.4, -0.2) is 29.9 Å². The van der Waals surface area contributed by atoms with E-state index in [2.05, 4.69) is 37.0 Å². The average molecular weight is 441 g/mol. The Hall–Kier alpha value is -3.67. The summed E-state index contributed by atoms with van der Waals surface area (Å²) >= 11 is 0. The first-order valence-corrected chi connectivity index (χ1v) is 11.3. The van der Waals surface area contributed by atoms with Crippen LogP contribution in [0.1, 0.15) is 37.0 Å². The van der Waals surface area contributed by atoms with Gasteiger partial charge < -0.3 is 15.5 Å². The lowest BCUT2D eigenvalue weighted by atomic mass is 9.85. The third-order valence-electron chi connectivity index (χ3n) is 6.71. The summed E-state index contributed by atoms with van der Waals surface area (Å²) < 4.78 is 0. The molecule has 1 unspecified atom stereocenters. The molecule has 2 aliphatic heterocycles. The quantitative estimate of drug-likeness (QED) is 0.624. The first-order valence-electron chi connectivity index (χ1n) is 11.3. The van der Waals surface area contributed by atoms with Crippen LogP contribution in [0.15, 0.2) is 67.0 Å². The van der Waals surface area contributed by atoms with Crippen molar-refractivity contribution in [2.45, 2.75) is 32.1 Å². The minimum Gasteiger partial charge on any atom is -0.399 e. The van der Waals surface area contributed by atoms with Crippen molar-refractivity contribution in [2.24, 2.45) is 5.92 Å². The predicted molar refractivity (Wildman–Crippen MR) is 130 cm³/mol. The fourth-order valence-corrected chi connectivity index (χ4v) is 5.00. The SMILES string of the molecule is CC1(C)CN(C(=O)C2CC(=O)N(c3cccc(N)c3)C2)c2ccc(Cc3ccncc3)cc21. The summed E-state index contributed by atoms with van der Waals surface area (Å²) in [7, 11) is 0. The number of pyridine rings is 1. The number of aromatic nitrogens is 1. The van der Waals surface area contributed by atoms with Crippen molar-refractivity contribution < 1.29 is 9.59 Å². The zero-order valence-electron chi connectivity index (χ0n) is 19.0. The van der Waals surface area contributed by atoms with Crippen LogP contribution in [0.2, 0.25) is 0 Å². The van der Waals surface area contributed by atoms with Gasteiger partial charge in [-0.05, 0) is 59.5 Å². The molecule has 1 aromatic heterocycles. The molecule has 3 heterocycles. The molecule has 0 bridgehead atoms. The third-order valence-corrected chi connectivity index (χ3v) is 6.71. The van der Waals surface area contributed by atoms with E-state index >= 15 is 0 Å². The van der Waals surface area contributed by atoms with Gasteiger partial charge in [-0.3, -0.25) is 14.6 Å². The topological polar surface area (TPSA) is 79.5 Å². The molecular formula is C27H28N4O2. The van der Waals surface area contributed by atoms with Crippen LogP contribution in [0.3, 0.4) is 0 Å². The van der Waals surface area contributed by atoms with Gasteiger partial charge in [0.2, 0.25) is 11.8 Å². The van der Waals surface area contributed by atoms with Gasteiger partial charge in [0.15, 0.2) is 0 Å². The molecule has 3 aromatic rings. The summed E-state index contributed by atoms with van der Waals surface area (Å²) in [4.78, 5) is 33.9. The highest BCUT2D eigenvalue weighted by atomic mass is 16.2. The summed E-state index contributed by atoms with van der Waals surface area (Å²) in [5.74, 6) is -0.383. The number of benzene rings is 2. The third kappa shape index (κ3) is 3.97. The molecule has 0 spiro atoms. The van der Waals surface area contributed by atoms with Crippen LogP contribution in [-0.2, 0) is 21.4 Å². The number of nitrogen functional groups attached to an aromatic ring is 1. The Morgan fingerprint density at radius 1 is 1.09 bits per heavy atom. The summed E-state index contributed by atoms with van der Waals surface area (Å²) in [5, 5.41) is 0. The molecule has 168 valence electrons. The van der Waals surface area contributed by atoms with Crippen LogP contribution < -0.4 is 15.5 Å². The second kappa shape index (κ2) is 8.03. The number of nitrogens with zero attached hydrogens (tertiary/aromatic N) is 3. The molecule has 6 nitrogen and oxygen atoms in total. The van der Waals surface area contributed by atoms with E-state index in [0.29, 0.717) is 18.8 Å². The number of amides is 2. The highest BCUT2D eigenvalue weighted by molar-refractivity contribution is 6.05. The van der Waals surface area contributed by atoms with Crippen LogP contribution in [0.25, 0.3) is 0 Å². The molecule has 0 aliphatic carbocycles. The second-order valence-electron chi connectivity index (χ2n) is 9.69. The zero-order valence-corrected chi connectivity index (χ0v) is 19.0. The minimum absolute atomic E-state index is 0.0171. The molecule has 2 aliphatic rings. The maximum atomic E-state index is 13.6. The number of rotatable bonds is 4. The molecule has 2 amide bonds. The average Bonchev–Trinajstić information content (AvgIpc) is 3.31. The van der Waals surface area contributed by atoms with Crippen LogP contribution in [0, 0.1) is 5.92 Å². The van der Waals surface area contributed by atoms with Gasteiger partial charge in [0.05, 0.1) is 5.92 Å². The van der Waals surface area contributed by atoms with Gasteiger partial charge in [0, 0.05) is 54.4 Å². The number of carbonyl (C=O) groups excluding carboxylic acids is 2. The molecule has 2 aromatic carbocycles. The van der Waals surface area contributed by atoms with E-state index in [0.717, 1.165) is 17.8 Å². The Kier molecular flexibility index (Phi) is 5.16. The van der Waals surface area contributed by atoms with E-state index in [4.69, 9.17) is 5.73 Å². The Bertz CT molecular complexity index is 1220. The molecule has 5 rings (SSSR count). The smallest absolute Gasteiger partial charge is 0.232 e. The van der Waals surface area contributed by atoms with Crippen molar-refractivity contribution in [3.8, 4) is 0 Å². The van der Waals surface area contributed by atoms with E-state index in [1.165, 1.54) is 16.7 Å². The Morgan fingerprint density at radius 3 is 2.64 bits per heavy atom. The molecule has 2 N–H and O–H groups in total. The maximum Gasteiger partial charge on any atom is 0.232 e. The Labute approximate surface area is 194 Å². The van der Waals surface area contributed by atoms with Gasteiger partial charge >= 0.3 is 0 Å². The number of hydrogen-bond donors (Lipinski definition) is 1. The molecule has 0 saturated carbocycles. The van der Waals surface area contributed by atoms with E-state index in [9.17, 15) is 9.59 Å². The predicted octanol–water partition coefficient (Wildman–Crippen LogP) is 3.93. The zero-order chi connectivity index (χ0) is 23.2. The van der Waals surface area contributed by atoms with Gasteiger partial charge in [-0.15, -0.1) is 0 Å². The van der Waals surface area contributed by atoms with E-state index < -0.39 is 0 Å². The molecule has 1 fully saturated rings. The lowest BCUT2D eigenvalue weighted by Crippen LogP contribution is -2.39. The highest BCUT2D eigenvalue weighted by Gasteiger charge is 2.43. The molecule has 1 saturated heterocycles. The minimum atomic E-state index is -0.364. The van der Waals surface area contributed by atoms with Crippen molar-refractivity contribution in [2.75, 3.05) is 28.6 Å². The first kappa shape index (κ1) is 21.2. The van der Waals surface area contributed by atoms with Crippen LogP contribution >= 0.6 is 0 Å². The van der Waals surface area contributed by atoms with Crippen molar-refractivity contribution in [1.29, 1.82) is 0 Å². The number of fused-ring (bicyclic) bond motifs is 1. The standard InChI is InChI=1S/C27H28N4O2/c1-27(2)17-31(24-7-6-19(13-23(24)27)12-18-8-10-29-11-9-18)26(33)20-14-25(32)30(16-20)22-5-3-4-21(28)15-22/h3-11,13,15,20H,12,14,16-17,28H2,1-2H3. The van der Waals surface area contributed by atoms with Gasteiger partial charge in [-0.1, -0.05) is 32.0 Å². The number of nitrogens with two attached hydrogens (primary N) is 1. The normalized spacial score (nSPS) is 19.1. The van der Waals surface area contributed by atoms with Gasteiger partial charge in [-0.2, -0.15) is 0 Å². The summed E-state index contributed by atoms with van der Waals surface area (Å²) in [6.07, 6.45) is 4.66. The van der Waals surface area contributed by atoms with E-state index in [1.54, 1.807) is 17.0 Å². The Balaban J connectivity index is 1.38. The van der Waals surface area contributed by atoms with Crippen molar-refractivity contribution in [1.82, 2.24) is 4.98 Å². The van der Waals surface area contributed by atoms with Crippen molar-refractivity contribution in [3.05, 3.63) is 83.7 Å². The Morgan fingerprint density at radius 2 is 1.88 bits per heavy atom. The first-order chi connectivity index (χ1) is 15.8. The van der Waals surface area contributed by atoms with Crippen molar-refractivity contribution >= 4 is 28.9 Å². The summed E-state index contributed by atoms with van der Waals surface area (Å²) in [5.41, 5.74) is 11.6. The fourth-order valence-electron chi connectivity index (χ4n) is 5.00. The highest BCUT2D eigenvalue weighted by Crippen LogP contribution is 2.42. The molecule has 0 radical (unpaired) electrons. The lowest BCUT2D eigenvalue weighted by Gasteiger charge is -2.23. The monoisotopic (exact) mass is 440 g/mol. The summed E-state index contributed by atoms with van der Waals surface area (Å²) in [6.45, 7) is 5.35. The van der Waals surface area contributed by atoms with Crippen LogP contribution in [0.4, 0.5) is 17.1 Å². The number of carbonyl (C=O) groups is 2. The van der Waals surface area contributed by atoms with Gasteiger partial charge in [0.1, 0.15) is 0 Å². The molecule has 33 heavy (non-hydrogen) atoms. The molecular weight excluding hydrogens is 412 g/mol. The van der Waals surface area contributed by atoms with Crippen molar-refractivity contribution in [3.63, 3.8) is 0 Å². The number of anilines is 3. The van der Waals surface area contributed by atoms with Crippen LogP contribution in [0.5, 0.6) is 0 Å².